The molecule has 3 rings (SSSR count). The Morgan fingerprint density at radius 1 is 1.12 bits per heavy atom. The summed E-state index contributed by atoms with van der Waals surface area (Å²) in [7, 11) is 0. The Morgan fingerprint density at radius 2 is 1.88 bits per heavy atom. The van der Waals surface area contributed by atoms with E-state index in [1.807, 2.05) is 12.7 Å². The molecule has 17 heavy (non-hydrogen) atoms. The number of likely N-dealkylation sites (tertiary alicyclic amines) is 1. The van der Waals surface area contributed by atoms with E-state index in [-0.39, 0.29) is 0 Å². The van der Waals surface area contributed by atoms with Crippen LogP contribution in [0.4, 0.5) is 0 Å². The maximum absolute atomic E-state index is 3.87. The summed E-state index contributed by atoms with van der Waals surface area (Å²) in [6.07, 6.45) is 4.82. The predicted molar refractivity (Wildman–Crippen MR) is 65.4 cm³/mol. The van der Waals surface area contributed by atoms with E-state index in [4.69, 9.17) is 0 Å². The Balaban J connectivity index is 1.61. The minimum absolute atomic E-state index is 0.536. The molecule has 1 fully saturated rings. The monoisotopic (exact) mass is 228 g/mol. The molecule has 0 saturated carbocycles. The van der Waals surface area contributed by atoms with Gasteiger partial charge in [0.1, 0.15) is 12.7 Å². The molecule has 1 saturated heterocycles. The molecule has 2 heterocycles. The summed E-state index contributed by atoms with van der Waals surface area (Å²) in [5.74, 6) is 0. The molecule has 0 aliphatic carbocycles. The van der Waals surface area contributed by atoms with E-state index < -0.39 is 0 Å². The Kier molecular flexibility index (Phi) is 2.88. The SMILES string of the molecule is c1ccc(CN2CCC(n3cnnc3)C2)cc1. The molecule has 0 bridgehead atoms. The van der Waals surface area contributed by atoms with Crippen LogP contribution in [0.5, 0.6) is 0 Å². The highest BCUT2D eigenvalue weighted by Gasteiger charge is 2.23. The number of nitrogens with zero attached hydrogens (tertiary/aromatic N) is 4. The molecule has 0 N–H and O–H groups in total. The largest absolute Gasteiger partial charge is 0.316 e. The normalized spacial score (nSPS) is 20.8. The Morgan fingerprint density at radius 3 is 2.65 bits per heavy atom. The van der Waals surface area contributed by atoms with Crippen molar-refractivity contribution in [2.24, 2.45) is 0 Å². The van der Waals surface area contributed by atoms with Gasteiger partial charge in [0.25, 0.3) is 0 Å². The van der Waals surface area contributed by atoms with Gasteiger partial charge in [-0.1, -0.05) is 30.3 Å². The number of hydrogen-bond acceptors (Lipinski definition) is 3. The Labute approximate surface area is 101 Å². The van der Waals surface area contributed by atoms with Crippen LogP contribution in [0.1, 0.15) is 18.0 Å². The maximum atomic E-state index is 3.87. The second-order valence-electron chi connectivity index (χ2n) is 4.57. The highest BCUT2D eigenvalue weighted by molar-refractivity contribution is 5.14. The summed E-state index contributed by atoms with van der Waals surface area (Å²) in [6.45, 7) is 3.28. The smallest absolute Gasteiger partial charge is 0.119 e. The molecular formula is C13H16N4. The van der Waals surface area contributed by atoms with Crippen molar-refractivity contribution in [1.29, 1.82) is 0 Å². The fourth-order valence-corrected chi connectivity index (χ4v) is 2.44. The lowest BCUT2D eigenvalue weighted by atomic mass is 10.2. The molecule has 1 aliphatic rings. The van der Waals surface area contributed by atoms with Crippen molar-refractivity contribution in [2.45, 2.75) is 19.0 Å². The van der Waals surface area contributed by atoms with Crippen LogP contribution in [0.15, 0.2) is 43.0 Å². The Bertz CT molecular complexity index is 452. The molecule has 88 valence electrons. The lowest BCUT2D eigenvalue weighted by molar-refractivity contribution is 0.316. The van der Waals surface area contributed by atoms with Crippen LogP contribution in [0.25, 0.3) is 0 Å². The van der Waals surface area contributed by atoms with Crippen molar-refractivity contribution in [2.75, 3.05) is 13.1 Å². The quantitative estimate of drug-likeness (QED) is 0.802. The number of hydrogen-bond donors (Lipinski definition) is 0. The lowest BCUT2D eigenvalue weighted by Gasteiger charge is -2.16. The van der Waals surface area contributed by atoms with E-state index >= 15 is 0 Å². The maximum Gasteiger partial charge on any atom is 0.119 e. The van der Waals surface area contributed by atoms with Crippen molar-refractivity contribution in [3.8, 4) is 0 Å². The summed E-state index contributed by atoms with van der Waals surface area (Å²) < 4.78 is 2.12. The van der Waals surface area contributed by atoms with Crippen LogP contribution in [0, 0.1) is 0 Å². The van der Waals surface area contributed by atoms with Gasteiger partial charge in [0.15, 0.2) is 0 Å². The van der Waals surface area contributed by atoms with Gasteiger partial charge < -0.3 is 4.57 Å². The first-order valence-electron chi connectivity index (χ1n) is 6.02. The molecule has 0 radical (unpaired) electrons. The molecule has 1 unspecified atom stereocenters. The number of benzene rings is 1. The van der Waals surface area contributed by atoms with E-state index in [0.717, 1.165) is 19.6 Å². The van der Waals surface area contributed by atoms with Crippen LogP contribution >= 0.6 is 0 Å². The Hall–Kier alpha value is -1.68. The van der Waals surface area contributed by atoms with Gasteiger partial charge in [-0.05, 0) is 12.0 Å². The van der Waals surface area contributed by atoms with Gasteiger partial charge in [0, 0.05) is 25.7 Å². The third kappa shape index (κ3) is 2.36. The van der Waals surface area contributed by atoms with Crippen LogP contribution < -0.4 is 0 Å². The predicted octanol–water partition coefficient (Wildman–Crippen LogP) is 1.73. The van der Waals surface area contributed by atoms with E-state index in [9.17, 15) is 0 Å². The molecule has 0 spiro atoms. The first kappa shape index (κ1) is 10.5. The zero-order valence-electron chi connectivity index (χ0n) is 9.74. The van der Waals surface area contributed by atoms with Crippen LogP contribution in [-0.2, 0) is 6.54 Å². The van der Waals surface area contributed by atoms with Crippen LogP contribution in [0.3, 0.4) is 0 Å². The minimum Gasteiger partial charge on any atom is -0.316 e. The molecule has 1 atom stereocenters. The molecule has 4 heteroatoms. The van der Waals surface area contributed by atoms with Crippen molar-refractivity contribution in [1.82, 2.24) is 19.7 Å². The van der Waals surface area contributed by atoms with E-state index in [1.165, 1.54) is 12.0 Å². The summed E-state index contributed by atoms with van der Waals surface area (Å²) in [5.41, 5.74) is 1.39. The number of rotatable bonds is 3. The zero-order chi connectivity index (χ0) is 11.5. The first-order valence-corrected chi connectivity index (χ1v) is 6.02. The van der Waals surface area contributed by atoms with Crippen molar-refractivity contribution in [3.05, 3.63) is 48.5 Å². The summed E-state index contributed by atoms with van der Waals surface area (Å²) >= 11 is 0. The molecular weight excluding hydrogens is 212 g/mol. The molecule has 4 nitrogen and oxygen atoms in total. The zero-order valence-corrected chi connectivity index (χ0v) is 9.74. The van der Waals surface area contributed by atoms with Crippen molar-refractivity contribution in [3.63, 3.8) is 0 Å². The molecule has 2 aromatic rings. The summed E-state index contributed by atoms with van der Waals surface area (Å²) in [5, 5.41) is 7.74. The second-order valence-corrected chi connectivity index (χ2v) is 4.57. The minimum atomic E-state index is 0.536. The van der Waals surface area contributed by atoms with Crippen molar-refractivity contribution >= 4 is 0 Å². The van der Waals surface area contributed by atoms with Crippen molar-refractivity contribution < 1.29 is 0 Å². The lowest BCUT2D eigenvalue weighted by Crippen LogP contribution is -2.20. The van der Waals surface area contributed by atoms with Gasteiger partial charge in [-0.25, -0.2) is 0 Å². The molecule has 0 amide bonds. The van der Waals surface area contributed by atoms with Gasteiger partial charge in [-0.2, -0.15) is 0 Å². The van der Waals surface area contributed by atoms with Gasteiger partial charge in [0.05, 0.1) is 0 Å². The van der Waals surface area contributed by atoms with Gasteiger partial charge >= 0.3 is 0 Å². The third-order valence-electron chi connectivity index (χ3n) is 3.35. The highest BCUT2D eigenvalue weighted by Crippen LogP contribution is 2.22. The van der Waals surface area contributed by atoms with Gasteiger partial charge in [-0.3, -0.25) is 4.90 Å². The molecule has 1 aromatic carbocycles. The molecule has 1 aromatic heterocycles. The first-order chi connectivity index (χ1) is 8.42. The fourth-order valence-electron chi connectivity index (χ4n) is 2.44. The average molecular weight is 228 g/mol. The third-order valence-corrected chi connectivity index (χ3v) is 3.35. The standard InChI is InChI=1S/C13H16N4/c1-2-4-12(5-3-1)8-16-7-6-13(9-16)17-10-14-15-11-17/h1-5,10-11,13H,6-9H2. The summed E-state index contributed by atoms with van der Waals surface area (Å²) in [6, 6.07) is 11.2. The molecule has 1 aliphatic heterocycles. The average Bonchev–Trinajstić information content (AvgIpc) is 3.00. The van der Waals surface area contributed by atoms with Crippen LogP contribution in [0.2, 0.25) is 0 Å². The van der Waals surface area contributed by atoms with Gasteiger partial charge in [-0.15, -0.1) is 10.2 Å². The van der Waals surface area contributed by atoms with Crippen LogP contribution in [-0.4, -0.2) is 32.8 Å². The summed E-state index contributed by atoms with van der Waals surface area (Å²) in [4.78, 5) is 2.49. The van der Waals surface area contributed by atoms with E-state index in [0.29, 0.717) is 6.04 Å². The van der Waals surface area contributed by atoms with E-state index in [2.05, 4.69) is 50.0 Å². The second kappa shape index (κ2) is 4.67. The highest BCUT2D eigenvalue weighted by atomic mass is 15.3. The topological polar surface area (TPSA) is 34.0 Å². The van der Waals surface area contributed by atoms with Gasteiger partial charge in [0.2, 0.25) is 0 Å². The number of aromatic nitrogens is 3. The fraction of sp³-hybridized carbons (Fsp3) is 0.385. The van der Waals surface area contributed by atoms with E-state index in [1.54, 1.807) is 0 Å².